The third kappa shape index (κ3) is 3.84. The van der Waals surface area contributed by atoms with E-state index in [0.717, 1.165) is 23.6 Å². The van der Waals surface area contributed by atoms with E-state index >= 15 is 0 Å². The first-order valence-corrected chi connectivity index (χ1v) is 7.00. The molecule has 0 aliphatic carbocycles. The minimum atomic E-state index is 0.297. The fraction of sp³-hybridized carbons (Fsp3) is 0.375. The maximum atomic E-state index is 5.85. The van der Waals surface area contributed by atoms with Crippen LogP contribution < -0.4 is 15.4 Å². The van der Waals surface area contributed by atoms with E-state index in [2.05, 4.69) is 34.8 Å². The quantitative estimate of drug-likeness (QED) is 0.856. The van der Waals surface area contributed by atoms with Crippen molar-refractivity contribution in [2.24, 2.45) is 0 Å². The van der Waals surface area contributed by atoms with Crippen LogP contribution in [0.25, 0.3) is 0 Å². The maximum absolute atomic E-state index is 5.85. The van der Waals surface area contributed by atoms with Gasteiger partial charge < -0.3 is 15.4 Å². The largest absolute Gasteiger partial charge is 0.481 e. The number of nitrogens with two attached hydrogens (primary N) is 1. The number of nitrogens with zero attached hydrogens (tertiary/aromatic N) is 3. The van der Waals surface area contributed by atoms with Gasteiger partial charge in [-0.3, -0.25) is 0 Å². The highest BCUT2D eigenvalue weighted by molar-refractivity contribution is 5.46. The number of aromatic nitrogens is 2. The monoisotopic (exact) mass is 286 g/mol. The van der Waals surface area contributed by atoms with Gasteiger partial charge in [-0.2, -0.15) is 4.98 Å². The third-order valence-corrected chi connectivity index (χ3v) is 3.23. The molecule has 0 saturated carbocycles. The van der Waals surface area contributed by atoms with Gasteiger partial charge in [0.1, 0.15) is 11.6 Å². The van der Waals surface area contributed by atoms with Crippen molar-refractivity contribution in [3.8, 4) is 5.88 Å². The van der Waals surface area contributed by atoms with Crippen LogP contribution in [-0.4, -0.2) is 23.1 Å². The molecule has 0 aliphatic heterocycles. The SMILES string of the molecule is COc1cc(N(Cc2cccc(N)c2)C(C)C)nc(C)n1. The van der Waals surface area contributed by atoms with Crippen LogP contribution in [-0.2, 0) is 6.54 Å². The maximum Gasteiger partial charge on any atom is 0.218 e. The molecule has 0 amide bonds. The number of hydrogen-bond donors (Lipinski definition) is 1. The second-order valence-electron chi connectivity index (χ2n) is 5.28. The van der Waals surface area contributed by atoms with Crippen LogP contribution in [0.5, 0.6) is 5.88 Å². The standard InChI is InChI=1S/C16H22N4O/c1-11(2)20(10-13-6-5-7-14(17)8-13)15-9-16(21-4)19-12(3)18-15/h5-9,11H,10,17H2,1-4H3. The first-order chi connectivity index (χ1) is 9.99. The molecule has 2 N–H and O–H groups in total. The van der Waals surface area contributed by atoms with Crippen molar-refractivity contribution in [1.29, 1.82) is 0 Å². The van der Waals surface area contributed by atoms with E-state index in [1.165, 1.54) is 0 Å². The first-order valence-electron chi connectivity index (χ1n) is 7.00. The lowest BCUT2D eigenvalue weighted by Gasteiger charge is -2.28. The molecule has 112 valence electrons. The average Bonchev–Trinajstić information content (AvgIpc) is 2.43. The van der Waals surface area contributed by atoms with E-state index in [4.69, 9.17) is 10.5 Å². The summed E-state index contributed by atoms with van der Waals surface area (Å²) in [5, 5.41) is 0. The highest BCUT2D eigenvalue weighted by Gasteiger charge is 2.15. The van der Waals surface area contributed by atoms with Crippen LogP contribution >= 0.6 is 0 Å². The van der Waals surface area contributed by atoms with Gasteiger partial charge in [-0.25, -0.2) is 4.98 Å². The Balaban J connectivity index is 2.33. The Morgan fingerprint density at radius 3 is 2.62 bits per heavy atom. The van der Waals surface area contributed by atoms with E-state index in [-0.39, 0.29) is 0 Å². The number of ether oxygens (including phenoxy) is 1. The number of methoxy groups -OCH3 is 1. The fourth-order valence-electron chi connectivity index (χ4n) is 2.19. The summed E-state index contributed by atoms with van der Waals surface area (Å²) in [7, 11) is 1.61. The highest BCUT2D eigenvalue weighted by Crippen LogP contribution is 2.22. The molecule has 5 heteroatoms. The molecular formula is C16H22N4O. The van der Waals surface area contributed by atoms with E-state index < -0.39 is 0 Å². The molecule has 0 radical (unpaired) electrons. The van der Waals surface area contributed by atoms with E-state index in [1.807, 2.05) is 31.2 Å². The molecule has 0 atom stereocenters. The Kier molecular flexibility index (Phi) is 4.62. The molecule has 5 nitrogen and oxygen atoms in total. The van der Waals surface area contributed by atoms with Gasteiger partial charge in [0.15, 0.2) is 0 Å². The van der Waals surface area contributed by atoms with Gasteiger partial charge in [0.25, 0.3) is 0 Å². The Morgan fingerprint density at radius 1 is 1.24 bits per heavy atom. The molecule has 0 spiro atoms. The van der Waals surface area contributed by atoms with Crippen LogP contribution in [0.3, 0.4) is 0 Å². The molecule has 21 heavy (non-hydrogen) atoms. The van der Waals surface area contributed by atoms with E-state index in [9.17, 15) is 0 Å². The normalized spacial score (nSPS) is 10.7. The lowest BCUT2D eigenvalue weighted by Crippen LogP contribution is -2.31. The van der Waals surface area contributed by atoms with Crippen LogP contribution in [0.2, 0.25) is 0 Å². The lowest BCUT2D eigenvalue weighted by molar-refractivity contribution is 0.395. The molecule has 1 aromatic carbocycles. The molecule has 2 aromatic rings. The summed E-state index contributed by atoms with van der Waals surface area (Å²) in [6, 6.07) is 10.1. The topological polar surface area (TPSA) is 64.3 Å². The minimum absolute atomic E-state index is 0.297. The summed E-state index contributed by atoms with van der Waals surface area (Å²) in [5.41, 5.74) is 7.78. The van der Waals surface area contributed by atoms with Crippen molar-refractivity contribution in [3.05, 3.63) is 41.7 Å². The van der Waals surface area contributed by atoms with Crippen molar-refractivity contribution in [2.45, 2.75) is 33.4 Å². The fourth-order valence-corrected chi connectivity index (χ4v) is 2.19. The predicted molar refractivity (Wildman–Crippen MR) is 85.5 cm³/mol. The summed E-state index contributed by atoms with van der Waals surface area (Å²) in [6.45, 7) is 6.87. The minimum Gasteiger partial charge on any atom is -0.481 e. The second-order valence-corrected chi connectivity index (χ2v) is 5.28. The highest BCUT2D eigenvalue weighted by atomic mass is 16.5. The van der Waals surface area contributed by atoms with Gasteiger partial charge in [-0.15, -0.1) is 0 Å². The molecular weight excluding hydrogens is 264 g/mol. The predicted octanol–water partition coefficient (Wildman–Crippen LogP) is 2.79. The number of rotatable bonds is 5. The Morgan fingerprint density at radius 2 is 2.00 bits per heavy atom. The van der Waals surface area contributed by atoms with Crippen molar-refractivity contribution in [1.82, 2.24) is 9.97 Å². The van der Waals surface area contributed by atoms with Gasteiger partial charge in [0.05, 0.1) is 7.11 Å². The molecule has 0 unspecified atom stereocenters. The Labute approximate surface area is 125 Å². The number of aryl methyl sites for hydroxylation is 1. The van der Waals surface area contributed by atoms with Gasteiger partial charge in [0, 0.05) is 24.3 Å². The number of anilines is 2. The van der Waals surface area contributed by atoms with E-state index in [0.29, 0.717) is 17.7 Å². The molecule has 1 aromatic heterocycles. The number of benzene rings is 1. The smallest absolute Gasteiger partial charge is 0.218 e. The zero-order valence-electron chi connectivity index (χ0n) is 13.0. The lowest BCUT2D eigenvalue weighted by atomic mass is 10.1. The molecule has 0 bridgehead atoms. The molecule has 2 rings (SSSR count). The van der Waals surface area contributed by atoms with Crippen molar-refractivity contribution in [3.63, 3.8) is 0 Å². The second kappa shape index (κ2) is 6.43. The number of nitrogen functional groups attached to an aromatic ring is 1. The Hall–Kier alpha value is -2.30. The summed E-state index contributed by atoms with van der Waals surface area (Å²) < 4.78 is 5.24. The number of hydrogen-bond acceptors (Lipinski definition) is 5. The van der Waals surface area contributed by atoms with Gasteiger partial charge >= 0.3 is 0 Å². The van der Waals surface area contributed by atoms with Gasteiger partial charge in [0.2, 0.25) is 5.88 Å². The van der Waals surface area contributed by atoms with Gasteiger partial charge in [-0.1, -0.05) is 12.1 Å². The zero-order valence-corrected chi connectivity index (χ0v) is 13.0. The summed E-state index contributed by atoms with van der Waals surface area (Å²) in [5.74, 6) is 2.13. The molecule has 0 fully saturated rings. The summed E-state index contributed by atoms with van der Waals surface area (Å²) >= 11 is 0. The summed E-state index contributed by atoms with van der Waals surface area (Å²) in [6.07, 6.45) is 0. The van der Waals surface area contributed by atoms with Gasteiger partial charge in [-0.05, 0) is 38.5 Å². The van der Waals surface area contributed by atoms with Crippen molar-refractivity contribution < 1.29 is 4.74 Å². The van der Waals surface area contributed by atoms with E-state index in [1.54, 1.807) is 7.11 Å². The molecule has 0 saturated heterocycles. The van der Waals surface area contributed by atoms with Crippen LogP contribution in [0, 0.1) is 6.92 Å². The first kappa shape index (κ1) is 15.1. The third-order valence-electron chi connectivity index (χ3n) is 3.23. The van der Waals surface area contributed by atoms with Crippen LogP contribution in [0.15, 0.2) is 30.3 Å². The van der Waals surface area contributed by atoms with Crippen molar-refractivity contribution >= 4 is 11.5 Å². The van der Waals surface area contributed by atoms with Crippen molar-refractivity contribution in [2.75, 3.05) is 17.7 Å². The Bertz CT molecular complexity index is 613. The summed E-state index contributed by atoms with van der Waals surface area (Å²) in [4.78, 5) is 11.0. The molecule has 1 heterocycles. The zero-order chi connectivity index (χ0) is 15.4. The average molecular weight is 286 g/mol. The van der Waals surface area contributed by atoms with Crippen LogP contribution in [0.4, 0.5) is 11.5 Å². The van der Waals surface area contributed by atoms with Crippen LogP contribution in [0.1, 0.15) is 25.2 Å². The molecule has 0 aliphatic rings.